The Hall–Kier alpha value is -1.01. The molecule has 0 radical (unpaired) electrons. The second-order valence-corrected chi connectivity index (χ2v) is 6.20. The normalized spacial score (nSPS) is 18.4. The first-order valence-electron chi connectivity index (χ1n) is 7.25. The zero-order valence-corrected chi connectivity index (χ0v) is 12.5. The van der Waals surface area contributed by atoms with Gasteiger partial charge in [0.25, 0.3) is 0 Å². The van der Waals surface area contributed by atoms with Gasteiger partial charge in [-0.1, -0.05) is 25.2 Å². The van der Waals surface area contributed by atoms with Crippen molar-refractivity contribution in [3.63, 3.8) is 0 Å². The zero-order chi connectivity index (χ0) is 13.2. The van der Waals surface area contributed by atoms with Crippen LogP contribution in [0.2, 0.25) is 0 Å². The molecule has 0 atom stereocenters. The first-order valence-corrected chi connectivity index (χ1v) is 8.06. The molecule has 104 valence electrons. The molecule has 0 bridgehead atoms. The number of likely N-dealkylation sites (tertiary alicyclic amines) is 1. The van der Waals surface area contributed by atoms with Gasteiger partial charge in [0.05, 0.1) is 0 Å². The number of hydrogen-bond acceptors (Lipinski definition) is 5. The molecule has 1 fully saturated rings. The SMILES string of the molecule is CCCc1nnc2sc(C3CCN(CC)CC3)nn12. The van der Waals surface area contributed by atoms with Crippen LogP contribution in [0, 0.1) is 0 Å². The van der Waals surface area contributed by atoms with Crippen molar-refractivity contribution in [3.05, 3.63) is 10.8 Å². The van der Waals surface area contributed by atoms with E-state index in [1.54, 1.807) is 11.3 Å². The van der Waals surface area contributed by atoms with Crippen LogP contribution in [0.3, 0.4) is 0 Å². The molecule has 3 heterocycles. The second kappa shape index (κ2) is 5.54. The van der Waals surface area contributed by atoms with E-state index in [0.29, 0.717) is 5.92 Å². The molecule has 2 aromatic heterocycles. The van der Waals surface area contributed by atoms with Gasteiger partial charge in [0.1, 0.15) is 5.01 Å². The first kappa shape index (κ1) is 13.0. The molecule has 0 saturated carbocycles. The Labute approximate surface area is 117 Å². The van der Waals surface area contributed by atoms with E-state index in [-0.39, 0.29) is 0 Å². The molecule has 1 aliphatic rings. The predicted molar refractivity (Wildman–Crippen MR) is 76.7 cm³/mol. The molecule has 3 rings (SSSR count). The van der Waals surface area contributed by atoms with Crippen molar-refractivity contribution in [2.24, 2.45) is 0 Å². The van der Waals surface area contributed by atoms with Crippen LogP contribution in [0.1, 0.15) is 49.9 Å². The van der Waals surface area contributed by atoms with E-state index < -0.39 is 0 Å². The van der Waals surface area contributed by atoms with Crippen LogP contribution in [0.5, 0.6) is 0 Å². The third-order valence-electron chi connectivity index (χ3n) is 3.93. The molecule has 0 aliphatic carbocycles. The third-order valence-corrected chi connectivity index (χ3v) is 4.99. The van der Waals surface area contributed by atoms with E-state index in [0.717, 1.165) is 23.6 Å². The van der Waals surface area contributed by atoms with Crippen molar-refractivity contribution in [2.75, 3.05) is 19.6 Å². The Morgan fingerprint density at radius 3 is 2.68 bits per heavy atom. The van der Waals surface area contributed by atoms with Crippen molar-refractivity contribution < 1.29 is 0 Å². The van der Waals surface area contributed by atoms with Crippen LogP contribution in [-0.2, 0) is 6.42 Å². The number of nitrogens with zero attached hydrogens (tertiary/aromatic N) is 5. The highest BCUT2D eigenvalue weighted by Gasteiger charge is 2.23. The zero-order valence-electron chi connectivity index (χ0n) is 11.7. The highest BCUT2D eigenvalue weighted by molar-refractivity contribution is 7.16. The van der Waals surface area contributed by atoms with Crippen LogP contribution in [0.4, 0.5) is 0 Å². The number of aromatic nitrogens is 4. The molecule has 0 spiro atoms. The van der Waals surface area contributed by atoms with E-state index in [9.17, 15) is 0 Å². The molecule has 0 aromatic carbocycles. The van der Waals surface area contributed by atoms with Crippen molar-refractivity contribution in [1.82, 2.24) is 24.7 Å². The standard InChI is InChI=1S/C13H21N5S/c1-3-5-11-14-15-13-18(11)16-12(19-13)10-6-8-17(4-2)9-7-10/h10H,3-9H2,1-2H3. The Kier molecular flexibility index (Phi) is 3.79. The maximum atomic E-state index is 4.76. The van der Waals surface area contributed by atoms with Gasteiger partial charge in [-0.3, -0.25) is 0 Å². The lowest BCUT2D eigenvalue weighted by Gasteiger charge is -2.29. The Morgan fingerprint density at radius 2 is 2.00 bits per heavy atom. The average molecular weight is 279 g/mol. The molecule has 1 saturated heterocycles. The summed E-state index contributed by atoms with van der Waals surface area (Å²) in [6.45, 7) is 7.96. The summed E-state index contributed by atoms with van der Waals surface area (Å²) in [7, 11) is 0. The molecule has 0 amide bonds. The molecule has 0 unspecified atom stereocenters. The van der Waals surface area contributed by atoms with Crippen LogP contribution in [0.25, 0.3) is 4.96 Å². The van der Waals surface area contributed by atoms with Gasteiger partial charge in [0, 0.05) is 12.3 Å². The lowest BCUT2D eigenvalue weighted by Crippen LogP contribution is -2.32. The summed E-state index contributed by atoms with van der Waals surface area (Å²) in [4.78, 5) is 3.47. The number of fused-ring (bicyclic) bond motifs is 1. The van der Waals surface area contributed by atoms with Gasteiger partial charge in [-0.05, 0) is 38.9 Å². The molecular weight excluding hydrogens is 258 g/mol. The minimum atomic E-state index is 0.615. The van der Waals surface area contributed by atoms with Gasteiger partial charge in [-0.25, -0.2) is 0 Å². The predicted octanol–water partition coefficient (Wildman–Crippen LogP) is 2.34. The van der Waals surface area contributed by atoms with Crippen molar-refractivity contribution in [3.8, 4) is 0 Å². The number of piperidine rings is 1. The minimum absolute atomic E-state index is 0.615. The fourth-order valence-corrected chi connectivity index (χ4v) is 3.74. The lowest BCUT2D eigenvalue weighted by atomic mass is 9.98. The van der Waals surface area contributed by atoms with E-state index >= 15 is 0 Å². The topological polar surface area (TPSA) is 46.3 Å². The fourth-order valence-electron chi connectivity index (χ4n) is 2.71. The summed E-state index contributed by atoms with van der Waals surface area (Å²) in [5.41, 5.74) is 0. The molecule has 6 heteroatoms. The Morgan fingerprint density at radius 1 is 1.21 bits per heavy atom. The largest absolute Gasteiger partial charge is 0.304 e. The molecule has 19 heavy (non-hydrogen) atoms. The van der Waals surface area contributed by atoms with E-state index in [2.05, 4.69) is 28.9 Å². The van der Waals surface area contributed by atoms with E-state index in [4.69, 9.17) is 5.10 Å². The van der Waals surface area contributed by atoms with Crippen LogP contribution in [-0.4, -0.2) is 44.3 Å². The van der Waals surface area contributed by atoms with Crippen LogP contribution >= 0.6 is 11.3 Å². The number of hydrogen-bond donors (Lipinski definition) is 0. The van der Waals surface area contributed by atoms with Gasteiger partial charge in [-0.15, -0.1) is 10.2 Å². The summed E-state index contributed by atoms with van der Waals surface area (Å²) >= 11 is 1.72. The summed E-state index contributed by atoms with van der Waals surface area (Å²) in [6.07, 6.45) is 4.49. The van der Waals surface area contributed by atoms with Crippen molar-refractivity contribution in [2.45, 2.75) is 45.4 Å². The second-order valence-electron chi connectivity index (χ2n) is 5.21. The smallest absolute Gasteiger partial charge is 0.234 e. The summed E-state index contributed by atoms with van der Waals surface area (Å²) in [5, 5.41) is 14.5. The van der Waals surface area contributed by atoms with Crippen LogP contribution in [0.15, 0.2) is 0 Å². The molecule has 2 aromatic rings. The molecule has 5 nitrogen and oxygen atoms in total. The Balaban J connectivity index is 1.78. The monoisotopic (exact) mass is 279 g/mol. The summed E-state index contributed by atoms with van der Waals surface area (Å²) < 4.78 is 1.95. The van der Waals surface area contributed by atoms with E-state index in [1.807, 2.05) is 4.52 Å². The summed E-state index contributed by atoms with van der Waals surface area (Å²) in [6, 6.07) is 0. The van der Waals surface area contributed by atoms with Gasteiger partial charge < -0.3 is 4.90 Å². The number of rotatable bonds is 4. The highest BCUT2D eigenvalue weighted by atomic mass is 32.1. The highest BCUT2D eigenvalue weighted by Crippen LogP contribution is 2.31. The van der Waals surface area contributed by atoms with Gasteiger partial charge in [0.15, 0.2) is 5.82 Å². The third kappa shape index (κ3) is 2.51. The molecule has 1 aliphatic heterocycles. The van der Waals surface area contributed by atoms with Crippen LogP contribution < -0.4 is 0 Å². The fraction of sp³-hybridized carbons (Fsp3) is 0.769. The quantitative estimate of drug-likeness (QED) is 0.862. The van der Waals surface area contributed by atoms with Crippen molar-refractivity contribution in [1.29, 1.82) is 0 Å². The maximum absolute atomic E-state index is 4.76. The first-order chi connectivity index (χ1) is 9.31. The van der Waals surface area contributed by atoms with Gasteiger partial charge in [0.2, 0.25) is 4.96 Å². The van der Waals surface area contributed by atoms with Gasteiger partial charge >= 0.3 is 0 Å². The minimum Gasteiger partial charge on any atom is -0.304 e. The molecule has 0 N–H and O–H groups in total. The number of aryl methyl sites for hydroxylation is 1. The Bertz CT molecular complexity index is 538. The summed E-state index contributed by atoms with van der Waals surface area (Å²) in [5.74, 6) is 1.62. The molecular formula is C13H21N5S. The maximum Gasteiger partial charge on any atom is 0.234 e. The van der Waals surface area contributed by atoms with Gasteiger partial charge in [-0.2, -0.15) is 9.61 Å². The van der Waals surface area contributed by atoms with E-state index in [1.165, 1.54) is 37.5 Å². The van der Waals surface area contributed by atoms with Crippen molar-refractivity contribution >= 4 is 16.3 Å². The lowest BCUT2D eigenvalue weighted by molar-refractivity contribution is 0.222. The average Bonchev–Trinajstić information content (AvgIpc) is 3.01.